The molecule has 5 heteroatoms. The van der Waals surface area contributed by atoms with Crippen LogP contribution in [0.3, 0.4) is 0 Å². The number of carbonyl (C=O) groups excluding carboxylic acids is 1. The number of aromatic nitrogens is 2. The van der Waals surface area contributed by atoms with E-state index in [0.29, 0.717) is 11.8 Å². The third-order valence-corrected chi connectivity index (χ3v) is 5.71. The maximum absolute atomic E-state index is 12.5. The largest absolute Gasteiger partial charge is 0.340 e. The van der Waals surface area contributed by atoms with Gasteiger partial charge < -0.3 is 9.30 Å². The highest BCUT2D eigenvalue weighted by atomic mass is 16.2. The number of carbonyl (C=O) groups is 1. The molecule has 2 aromatic rings. The van der Waals surface area contributed by atoms with Crippen molar-refractivity contribution in [1.29, 1.82) is 0 Å². The monoisotopic (exact) mass is 340 g/mol. The molecule has 0 aromatic carbocycles. The van der Waals surface area contributed by atoms with Gasteiger partial charge in [-0.25, -0.2) is 4.98 Å². The Kier molecular flexibility index (Phi) is 5.02. The van der Waals surface area contributed by atoms with Crippen LogP contribution in [0.5, 0.6) is 0 Å². The zero-order chi connectivity index (χ0) is 17.1. The molecule has 0 N–H and O–H groups in total. The highest BCUT2D eigenvalue weighted by molar-refractivity contribution is 5.76. The summed E-state index contributed by atoms with van der Waals surface area (Å²) < 4.78 is 2.07. The number of hydrogen-bond acceptors (Lipinski definition) is 3. The molecule has 2 fully saturated rings. The number of rotatable bonds is 4. The van der Waals surface area contributed by atoms with Crippen LogP contribution >= 0.6 is 0 Å². The Morgan fingerprint density at radius 1 is 1.08 bits per heavy atom. The smallest absolute Gasteiger partial charge is 0.222 e. The fourth-order valence-corrected chi connectivity index (χ4v) is 4.22. The lowest BCUT2D eigenvalue weighted by molar-refractivity contribution is -0.134. The first kappa shape index (κ1) is 16.6. The number of hydrogen-bond donors (Lipinski definition) is 0. The second kappa shape index (κ2) is 7.56. The van der Waals surface area contributed by atoms with Crippen LogP contribution < -0.4 is 0 Å². The number of fused-ring (bicyclic) bond motifs is 1. The number of nitrogens with zero attached hydrogens (tertiary/aromatic N) is 4. The molecule has 1 amide bonds. The maximum Gasteiger partial charge on any atom is 0.222 e. The number of amides is 1. The molecule has 134 valence electrons. The average Bonchev–Trinajstić information content (AvgIpc) is 3.05. The molecule has 3 heterocycles. The molecule has 0 radical (unpaired) electrons. The zero-order valence-electron chi connectivity index (χ0n) is 14.9. The van der Waals surface area contributed by atoms with Gasteiger partial charge in [0, 0.05) is 51.5 Å². The zero-order valence-corrected chi connectivity index (χ0v) is 14.9. The summed E-state index contributed by atoms with van der Waals surface area (Å²) in [6.45, 7) is 4.48. The number of imidazole rings is 1. The van der Waals surface area contributed by atoms with Gasteiger partial charge in [0.2, 0.25) is 5.91 Å². The second-order valence-electron chi connectivity index (χ2n) is 7.56. The molecule has 0 atom stereocenters. The van der Waals surface area contributed by atoms with Crippen molar-refractivity contribution in [3.63, 3.8) is 0 Å². The Bertz CT molecular complexity index is 678. The normalized spacial score (nSPS) is 20.2. The minimum atomic E-state index is 0.374. The topological polar surface area (TPSA) is 40.9 Å². The fourth-order valence-electron chi connectivity index (χ4n) is 4.22. The summed E-state index contributed by atoms with van der Waals surface area (Å²) in [5, 5.41) is 0. The first-order valence-electron chi connectivity index (χ1n) is 9.71. The van der Waals surface area contributed by atoms with Gasteiger partial charge in [-0.15, -0.1) is 0 Å². The predicted octanol–water partition coefficient (Wildman–Crippen LogP) is 2.95. The highest BCUT2D eigenvalue weighted by Crippen LogP contribution is 2.27. The summed E-state index contributed by atoms with van der Waals surface area (Å²) in [5.41, 5.74) is 2.10. The van der Waals surface area contributed by atoms with Gasteiger partial charge in [-0.2, -0.15) is 0 Å². The molecule has 0 unspecified atom stereocenters. The maximum atomic E-state index is 12.5. The van der Waals surface area contributed by atoms with Crippen LogP contribution in [0.15, 0.2) is 30.6 Å². The molecule has 1 saturated carbocycles. The van der Waals surface area contributed by atoms with Gasteiger partial charge >= 0.3 is 0 Å². The first-order valence-corrected chi connectivity index (χ1v) is 9.71. The van der Waals surface area contributed by atoms with E-state index in [1.54, 1.807) is 0 Å². The molecule has 25 heavy (non-hydrogen) atoms. The Morgan fingerprint density at radius 3 is 2.64 bits per heavy atom. The number of pyridine rings is 1. The third kappa shape index (κ3) is 4.03. The molecule has 0 bridgehead atoms. The molecular formula is C20H28N4O. The van der Waals surface area contributed by atoms with Crippen LogP contribution in [0, 0.1) is 5.92 Å². The van der Waals surface area contributed by atoms with E-state index >= 15 is 0 Å². The fraction of sp³-hybridized carbons (Fsp3) is 0.600. The standard InChI is InChI=1S/C20H28N4O/c25-20(14-17-6-2-1-3-7-17)23-12-10-22(11-13-23)15-18-16-24-9-5-4-8-19(24)21-18/h4-5,8-9,16-17H,1-3,6-7,10-15H2. The van der Waals surface area contributed by atoms with E-state index in [2.05, 4.69) is 25.4 Å². The lowest BCUT2D eigenvalue weighted by Crippen LogP contribution is -2.48. The van der Waals surface area contributed by atoms with Crippen molar-refractivity contribution in [3.8, 4) is 0 Å². The van der Waals surface area contributed by atoms with Crippen LogP contribution in [0.25, 0.3) is 5.65 Å². The van der Waals surface area contributed by atoms with Gasteiger partial charge in [0.25, 0.3) is 0 Å². The summed E-state index contributed by atoms with van der Waals surface area (Å²) in [6, 6.07) is 6.07. The van der Waals surface area contributed by atoms with E-state index in [4.69, 9.17) is 0 Å². The van der Waals surface area contributed by atoms with Gasteiger partial charge in [0.1, 0.15) is 5.65 Å². The first-order chi connectivity index (χ1) is 12.3. The van der Waals surface area contributed by atoms with Crippen molar-refractivity contribution in [3.05, 3.63) is 36.3 Å². The Morgan fingerprint density at radius 2 is 1.88 bits per heavy atom. The van der Waals surface area contributed by atoms with Crippen LogP contribution in [0.4, 0.5) is 0 Å². The molecule has 4 rings (SSSR count). The summed E-state index contributed by atoms with van der Waals surface area (Å²) in [5.74, 6) is 1.01. The quantitative estimate of drug-likeness (QED) is 0.859. The van der Waals surface area contributed by atoms with Crippen molar-refractivity contribution in [2.24, 2.45) is 5.92 Å². The summed E-state index contributed by atoms with van der Waals surface area (Å²) in [4.78, 5) is 21.7. The SMILES string of the molecule is O=C(CC1CCCCC1)N1CCN(Cc2cn3ccccc3n2)CC1. The molecule has 2 aromatic heterocycles. The van der Waals surface area contributed by atoms with Crippen molar-refractivity contribution >= 4 is 11.6 Å². The lowest BCUT2D eigenvalue weighted by Gasteiger charge is -2.35. The van der Waals surface area contributed by atoms with Gasteiger partial charge in [-0.1, -0.05) is 25.3 Å². The van der Waals surface area contributed by atoms with Crippen LogP contribution in [0.1, 0.15) is 44.2 Å². The Hall–Kier alpha value is -1.88. The van der Waals surface area contributed by atoms with Crippen LogP contribution in [-0.4, -0.2) is 51.3 Å². The van der Waals surface area contributed by atoms with E-state index in [1.807, 2.05) is 24.4 Å². The molecular weight excluding hydrogens is 312 g/mol. The van der Waals surface area contributed by atoms with Gasteiger partial charge in [0.05, 0.1) is 5.69 Å². The van der Waals surface area contributed by atoms with Crippen molar-refractivity contribution < 1.29 is 4.79 Å². The minimum Gasteiger partial charge on any atom is -0.340 e. The average molecular weight is 340 g/mol. The van der Waals surface area contributed by atoms with E-state index in [1.165, 1.54) is 32.1 Å². The van der Waals surface area contributed by atoms with Gasteiger partial charge in [-0.05, 0) is 30.9 Å². The molecule has 1 aliphatic carbocycles. The summed E-state index contributed by atoms with van der Waals surface area (Å²) in [7, 11) is 0. The van der Waals surface area contributed by atoms with E-state index < -0.39 is 0 Å². The lowest BCUT2D eigenvalue weighted by atomic mass is 9.86. The summed E-state index contributed by atoms with van der Waals surface area (Å²) >= 11 is 0. The molecule has 2 aliphatic rings. The number of piperazine rings is 1. The molecule has 1 saturated heterocycles. The predicted molar refractivity (Wildman–Crippen MR) is 98.2 cm³/mol. The molecule has 1 aliphatic heterocycles. The molecule has 5 nitrogen and oxygen atoms in total. The van der Waals surface area contributed by atoms with E-state index in [0.717, 1.165) is 50.5 Å². The van der Waals surface area contributed by atoms with Crippen molar-refractivity contribution in [2.75, 3.05) is 26.2 Å². The second-order valence-corrected chi connectivity index (χ2v) is 7.56. The van der Waals surface area contributed by atoms with Gasteiger partial charge in [-0.3, -0.25) is 9.69 Å². The highest BCUT2D eigenvalue weighted by Gasteiger charge is 2.24. The van der Waals surface area contributed by atoms with E-state index in [9.17, 15) is 4.79 Å². The van der Waals surface area contributed by atoms with Crippen molar-refractivity contribution in [2.45, 2.75) is 45.1 Å². The Labute approximate surface area is 149 Å². The van der Waals surface area contributed by atoms with E-state index in [-0.39, 0.29) is 0 Å². The van der Waals surface area contributed by atoms with Gasteiger partial charge in [0.15, 0.2) is 0 Å². The molecule has 0 spiro atoms. The summed E-state index contributed by atoms with van der Waals surface area (Å²) in [6.07, 6.45) is 11.4. The van der Waals surface area contributed by atoms with Crippen LogP contribution in [-0.2, 0) is 11.3 Å². The Balaban J connectivity index is 1.26. The van der Waals surface area contributed by atoms with Crippen molar-refractivity contribution in [1.82, 2.24) is 19.2 Å². The third-order valence-electron chi connectivity index (χ3n) is 5.71. The van der Waals surface area contributed by atoms with Crippen LogP contribution in [0.2, 0.25) is 0 Å². The minimum absolute atomic E-state index is 0.374.